The van der Waals surface area contributed by atoms with Crippen LogP contribution in [0.25, 0.3) is 0 Å². The Morgan fingerprint density at radius 3 is 2.15 bits per heavy atom. The summed E-state index contributed by atoms with van der Waals surface area (Å²) in [5.74, 6) is 0.756. The van der Waals surface area contributed by atoms with E-state index in [1.807, 2.05) is 0 Å². The van der Waals surface area contributed by atoms with E-state index < -0.39 is 0 Å². The first-order chi connectivity index (χ1) is 6.43. The van der Waals surface area contributed by atoms with E-state index in [1.165, 1.54) is 44.9 Å². The lowest BCUT2D eigenvalue weighted by Gasteiger charge is -2.04. The van der Waals surface area contributed by atoms with Gasteiger partial charge in [0.05, 0.1) is 0 Å². The van der Waals surface area contributed by atoms with E-state index in [0.29, 0.717) is 0 Å². The van der Waals surface area contributed by atoms with Crippen molar-refractivity contribution in [1.82, 2.24) is 0 Å². The van der Waals surface area contributed by atoms with Gasteiger partial charge in [-0.25, -0.2) is 0 Å². The van der Waals surface area contributed by atoms with Crippen molar-refractivity contribution < 1.29 is 0 Å². The first kappa shape index (κ1) is 10.6. The molecule has 1 rings (SSSR count). The van der Waals surface area contributed by atoms with E-state index in [4.69, 9.17) is 0 Å². The van der Waals surface area contributed by atoms with Gasteiger partial charge in [-0.1, -0.05) is 69.8 Å². The fourth-order valence-electron chi connectivity index (χ4n) is 1.83. The molecule has 0 saturated heterocycles. The third-order valence-electron chi connectivity index (χ3n) is 2.72. The van der Waals surface area contributed by atoms with Crippen LogP contribution in [0.15, 0.2) is 24.3 Å². The molecule has 0 heteroatoms. The molecule has 1 aliphatic carbocycles. The number of hydrogen-bond donors (Lipinski definition) is 0. The molecule has 0 aromatic rings. The first-order valence-corrected chi connectivity index (χ1v) is 5.78. The van der Waals surface area contributed by atoms with Crippen LogP contribution in [0.4, 0.5) is 0 Å². The standard InChI is InChI=1S/C13H22/c1-2-3-4-5-6-7-10-13-11-8-9-12-13/h8-9,11-13H,2-7,10H2,1H3. The van der Waals surface area contributed by atoms with Crippen LogP contribution in [0.2, 0.25) is 0 Å². The molecule has 0 heterocycles. The Morgan fingerprint density at radius 2 is 1.46 bits per heavy atom. The van der Waals surface area contributed by atoms with Gasteiger partial charge in [0.15, 0.2) is 0 Å². The summed E-state index contributed by atoms with van der Waals surface area (Å²) < 4.78 is 0. The lowest BCUT2D eigenvalue weighted by molar-refractivity contribution is 0.565. The highest BCUT2D eigenvalue weighted by Crippen LogP contribution is 2.17. The van der Waals surface area contributed by atoms with Crippen LogP contribution in [0.3, 0.4) is 0 Å². The van der Waals surface area contributed by atoms with Crippen LogP contribution in [0, 0.1) is 5.92 Å². The van der Waals surface area contributed by atoms with Crippen LogP contribution in [0.1, 0.15) is 51.9 Å². The molecule has 0 radical (unpaired) electrons. The van der Waals surface area contributed by atoms with Crippen LogP contribution >= 0.6 is 0 Å². The van der Waals surface area contributed by atoms with Crippen molar-refractivity contribution in [3.05, 3.63) is 24.3 Å². The molecule has 0 spiro atoms. The maximum Gasteiger partial charge on any atom is -0.00473 e. The summed E-state index contributed by atoms with van der Waals surface area (Å²) in [6.07, 6.45) is 18.8. The molecule has 0 amide bonds. The van der Waals surface area contributed by atoms with Gasteiger partial charge < -0.3 is 0 Å². The second-order valence-corrected chi connectivity index (χ2v) is 3.99. The first-order valence-electron chi connectivity index (χ1n) is 5.78. The third-order valence-corrected chi connectivity index (χ3v) is 2.72. The number of rotatable bonds is 7. The van der Waals surface area contributed by atoms with Crippen molar-refractivity contribution in [1.29, 1.82) is 0 Å². The highest BCUT2D eigenvalue weighted by Gasteiger charge is 2.02. The molecular formula is C13H22. The summed E-state index contributed by atoms with van der Waals surface area (Å²) in [6.45, 7) is 2.27. The van der Waals surface area contributed by atoms with E-state index in [2.05, 4.69) is 31.2 Å². The predicted octanol–water partition coefficient (Wildman–Crippen LogP) is 4.48. The summed E-state index contributed by atoms with van der Waals surface area (Å²) in [4.78, 5) is 0. The Kier molecular flexibility index (Phi) is 5.64. The van der Waals surface area contributed by atoms with Crippen molar-refractivity contribution in [2.24, 2.45) is 5.92 Å². The van der Waals surface area contributed by atoms with Crippen LogP contribution in [-0.4, -0.2) is 0 Å². The summed E-state index contributed by atoms with van der Waals surface area (Å²) in [7, 11) is 0. The van der Waals surface area contributed by atoms with Gasteiger partial charge in [-0.3, -0.25) is 0 Å². The molecule has 0 atom stereocenters. The summed E-state index contributed by atoms with van der Waals surface area (Å²) in [6, 6.07) is 0. The largest absolute Gasteiger partial charge is 0.0776 e. The number of hydrogen-bond acceptors (Lipinski definition) is 0. The average Bonchev–Trinajstić information content (AvgIpc) is 2.63. The second-order valence-electron chi connectivity index (χ2n) is 3.99. The summed E-state index contributed by atoms with van der Waals surface area (Å²) in [5, 5.41) is 0. The third kappa shape index (κ3) is 4.92. The fraction of sp³-hybridized carbons (Fsp3) is 0.692. The van der Waals surface area contributed by atoms with E-state index >= 15 is 0 Å². The topological polar surface area (TPSA) is 0 Å². The average molecular weight is 178 g/mol. The van der Waals surface area contributed by atoms with E-state index in [9.17, 15) is 0 Å². The number of unbranched alkanes of at least 4 members (excludes halogenated alkanes) is 5. The van der Waals surface area contributed by atoms with Gasteiger partial charge in [0.1, 0.15) is 0 Å². The van der Waals surface area contributed by atoms with Crippen molar-refractivity contribution in [3.8, 4) is 0 Å². The SMILES string of the molecule is CCCCCCCCC1C=CC=C1. The molecule has 0 bridgehead atoms. The number of allylic oxidation sites excluding steroid dienone is 4. The second kappa shape index (κ2) is 6.94. The quantitative estimate of drug-likeness (QED) is 0.504. The van der Waals surface area contributed by atoms with Crippen molar-refractivity contribution >= 4 is 0 Å². The zero-order valence-corrected chi connectivity index (χ0v) is 8.84. The van der Waals surface area contributed by atoms with E-state index in [0.717, 1.165) is 5.92 Å². The molecule has 0 fully saturated rings. The summed E-state index contributed by atoms with van der Waals surface area (Å²) >= 11 is 0. The van der Waals surface area contributed by atoms with Gasteiger partial charge in [-0.05, 0) is 12.3 Å². The van der Waals surface area contributed by atoms with Crippen molar-refractivity contribution in [3.63, 3.8) is 0 Å². The molecule has 1 aliphatic rings. The van der Waals surface area contributed by atoms with Crippen LogP contribution in [-0.2, 0) is 0 Å². The van der Waals surface area contributed by atoms with Crippen molar-refractivity contribution in [2.75, 3.05) is 0 Å². The lowest BCUT2D eigenvalue weighted by atomic mass is 10.0. The Morgan fingerprint density at radius 1 is 0.846 bits per heavy atom. The maximum absolute atomic E-state index is 2.31. The molecule has 0 nitrogen and oxygen atoms in total. The van der Waals surface area contributed by atoms with Crippen LogP contribution in [0.5, 0.6) is 0 Å². The highest BCUT2D eigenvalue weighted by molar-refractivity contribution is 5.17. The molecule has 0 unspecified atom stereocenters. The minimum atomic E-state index is 0.756. The molecule has 0 aliphatic heterocycles. The zero-order valence-electron chi connectivity index (χ0n) is 8.84. The molecular weight excluding hydrogens is 156 g/mol. The maximum atomic E-state index is 2.31. The van der Waals surface area contributed by atoms with Gasteiger partial charge in [0, 0.05) is 0 Å². The normalized spacial score (nSPS) is 15.8. The monoisotopic (exact) mass is 178 g/mol. The van der Waals surface area contributed by atoms with Crippen LogP contribution < -0.4 is 0 Å². The van der Waals surface area contributed by atoms with Gasteiger partial charge in [-0.2, -0.15) is 0 Å². The van der Waals surface area contributed by atoms with Gasteiger partial charge in [-0.15, -0.1) is 0 Å². The van der Waals surface area contributed by atoms with E-state index in [1.54, 1.807) is 0 Å². The molecule has 0 N–H and O–H groups in total. The lowest BCUT2D eigenvalue weighted by Crippen LogP contribution is -1.89. The molecule has 0 aromatic carbocycles. The van der Waals surface area contributed by atoms with Gasteiger partial charge >= 0.3 is 0 Å². The molecule has 0 aromatic heterocycles. The zero-order chi connectivity index (χ0) is 9.36. The van der Waals surface area contributed by atoms with E-state index in [-0.39, 0.29) is 0 Å². The van der Waals surface area contributed by atoms with Gasteiger partial charge in [0.2, 0.25) is 0 Å². The Labute approximate surface area is 82.7 Å². The Hall–Kier alpha value is -0.520. The fourth-order valence-corrected chi connectivity index (χ4v) is 1.83. The Balaban J connectivity index is 1.84. The van der Waals surface area contributed by atoms with Crippen molar-refractivity contribution in [2.45, 2.75) is 51.9 Å². The minimum absolute atomic E-state index is 0.756. The highest BCUT2D eigenvalue weighted by atomic mass is 14.1. The smallest absolute Gasteiger partial charge is 0.00473 e. The molecule has 13 heavy (non-hydrogen) atoms. The predicted molar refractivity (Wildman–Crippen MR) is 59.8 cm³/mol. The van der Waals surface area contributed by atoms with Gasteiger partial charge in [0.25, 0.3) is 0 Å². The molecule has 0 saturated carbocycles. The Bertz CT molecular complexity index is 153. The summed E-state index contributed by atoms with van der Waals surface area (Å²) in [5.41, 5.74) is 0. The molecule has 74 valence electrons. The minimum Gasteiger partial charge on any atom is -0.0776 e.